The molecule has 0 bridgehead atoms. The second-order valence-electron chi connectivity index (χ2n) is 5.21. The monoisotopic (exact) mass is 248 g/mol. The van der Waals surface area contributed by atoms with Crippen molar-refractivity contribution in [3.05, 3.63) is 29.8 Å². The average Bonchev–Trinajstić information content (AvgIpc) is 2.98. The molecule has 2 unspecified atom stereocenters. The molecule has 0 amide bonds. The number of thioether (sulfide) groups is 1. The van der Waals surface area contributed by atoms with Crippen molar-refractivity contribution in [2.45, 2.75) is 48.3 Å². The summed E-state index contributed by atoms with van der Waals surface area (Å²) in [5, 5.41) is 0.625. The summed E-state index contributed by atoms with van der Waals surface area (Å²) in [5.74, 6) is 6.59. The molecule has 1 aromatic carbocycles. The maximum atomic E-state index is 5.80. The van der Waals surface area contributed by atoms with Crippen LogP contribution in [0.1, 0.15) is 31.2 Å². The normalized spacial score (nSPS) is 26.1. The molecule has 0 radical (unpaired) electrons. The highest BCUT2D eigenvalue weighted by atomic mass is 32.2. The van der Waals surface area contributed by atoms with Gasteiger partial charge in [-0.25, -0.2) is 0 Å². The molecule has 2 aliphatic rings. The number of rotatable bonds is 3. The topological polar surface area (TPSA) is 38.0 Å². The minimum Gasteiger partial charge on any atom is -0.271 e. The molecule has 1 fully saturated rings. The number of hydrogen-bond acceptors (Lipinski definition) is 3. The van der Waals surface area contributed by atoms with E-state index in [1.807, 2.05) is 11.8 Å². The summed E-state index contributed by atoms with van der Waals surface area (Å²) in [6, 6.07) is 9.25. The van der Waals surface area contributed by atoms with E-state index in [-0.39, 0.29) is 0 Å². The van der Waals surface area contributed by atoms with Crippen molar-refractivity contribution in [1.29, 1.82) is 0 Å². The quantitative estimate of drug-likeness (QED) is 0.638. The van der Waals surface area contributed by atoms with Crippen molar-refractivity contribution >= 4 is 11.8 Å². The van der Waals surface area contributed by atoms with E-state index in [1.165, 1.54) is 42.6 Å². The highest BCUT2D eigenvalue weighted by Crippen LogP contribution is 2.42. The summed E-state index contributed by atoms with van der Waals surface area (Å²) in [5.41, 5.74) is 4.60. The van der Waals surface area contributed by atoms with Gasteiger partial charge in [0.25, 0.3) is 0 Å². The number of fused-ring (bicyclic) bond motifs is 1. The summed E-state index contributed by atoms with van der Waals surface area (Å²) in [7, 11) is 0. The predicted octanol–water partition coefficient (Wildman–Crippen LogP) is 2.73. The zero-order valence-electron chi connectivity index (χ0n) is 10.1. The fourth-order valence-corrected chi connectivity index (χ4v) is 4.77. The Morgan fingerprint density at radius 2 is 2.00 bits per heavy atom. The van der Waals surface area contributed by atoms with Gasteiger partial charge in [0.1, 0.15) is 0 Å². The Labute approximate surface area is 107 Å². The first-order valence-corrected chi connectivity index (χ1v) is 7.47. The Balaban J connectivity index is 1.73. The van der Waals surface area contributed by atoms with Gasteiger partial charge in [-0.15, -0.1) is 11.8 Å². The van der Waals surface area contributed by atoms with Gasteiger partial charge >= 0.3 is 0 Å². The molecule has 1 heterocycles. The van der Waals surface area contributed by atoms with Crippen LogP contribution in [0, 0.1) is 5.92 Å². The van der Waals surface area contributed by atoms with Gasteiger partial charge in [-0.2, -0.15) is 0 Å². The molecule has 92 valence electrons. The Morgan fingerprint density at radius 1 is 1.24 bits per heavy atom. The lowest BCUT2D eigenvalue weighted by molar-refractivity contribution is 0.354. The Hall–Kier alpha value is -0.510. The van der Waals surface area contributed by atoms with E-state index in [4.69, 9.17) is 5.84 Å². The van der Waals surface area contributed by atoms with Crippen molar-refractivity contribution in [3.63, 3.8) is 0 Å². The van der Waals surface area contributed by atoms with Crippen molar-refractivity contribution in [2.75, 3.05) is 0 Å². The first kappa shape index (κ1) is 11.6. The maximum Gasteiger partial charge on any atom is 0.0364 e. The molecule has 1 saturated carbocycles. The lowest BCUT2D eigenvalue weighted by Crippen LogP contribution is -2.47. The molecule has 1 aromatic rings. The van der Waals surface area contributed by atoms with Crippen molar-refractivity contribution in [1.82, 2.24) is 5.43 Å². The first-order valence-electron chi connectivity index (χ1n) is 6.59. The predicted molar refractivity (Wildman–Crippen MR) is 72.9 cm³/mol. The number of hydrogen-bond donors (Lipinski definition) is 2. The number of nitrogens with one attached hydrogen (secondary N) is 1. The first-order chi connectivity index (χ1) is 8.38. The minimum atomic E-state index is 0.481. The smallest absolute Gasteiger partial charge is 0.0364 e. The van der Waals surface area contributed by atoms with Crippen molar-refractivity contribution in [2.24, 2.45) is 11.8 Å². The van der Waals surface area contributed by atoms with Crippen LogP contribution in [0.3, 0.4) is 0 Å². The summed E-state index contributed by atoms with van der Waals surface area (Å²) in [6.07, 6.45) is 6.64. The standard InChI is InChI=1S/C14H20N2S/c15-16-14(10-5-1-2-6-10)13-9-11-7-3-4-8-12(11)17-13/h3-4,7-8,10,13-14,16H,1-2,5-6,9,15H2. The van der Waals surface area contributed by atoms with E-state index in [1.54, 1.807) is 0 Å². The molecule has 1 aliphatic heterocycles. The van der Waals surface area contributed by atoms with Crippen molar-refractivity contribution in [3.8, 4) is 0 Å². The number of nitrogens with two attached hydrogens (primary N) is 1. The van der Waals surface area contributed by atoms with E-state index in [9.17, 15) is 0 Å². The van der Waals surface area contributed by atoms with Gasteiger partial charge in [-0.1, -0.05) is 31.0 Å². The molecule has 17 heavy (non-hydrogen) atoms. The molecule has 3 rings (SSSR count). The van der Waals surface area contributed by atoms with Crippen LogP contribution in [0.15, 0.2) is 29.2 Å². The maximum absolute atomic E-state index is 5.80. The van der Waals surface area contributed by atoms with Crippen LogP contribution in [0.25, 0.3) is 0 Å². The largest absolute Gasteiger partial charge is 0.271 e. The Morgan fingerprint density at radius 3 is 2.71 bits per heavy atom. The van der Waals surface area contributed by atoms with E-state index >= 15 is 0 Å². The summed E-state index contributed by atoms with van der Waals surface area (Å²) < 4.78 is 0. The molecule has 2 atom stereocenters. The van der Waals surface area contributed by atoms with Crippen molar-refractivity contribution < 1.29 is 0 Å². The van der Waals surface area contributed by atoms with E-state index < -0.39 is 0 Å². The fourth-order valence-electron chi connectivity index (χ4n) is 3.27. The van der Waals surface area contributed by atoms with Gasteiger partial charge in [-0.05, 0) is 36.8 Å². The molecular weight excluding hydrogens is 228 g/mol. The highest BCUT2D eigenvalue weighted by Gasteiger charge is 2.34. The molecule has 2 nitrogen and oxygen atoms in total. The van der Waals surface area contributed by atoms with Gasteiger partial charge < -0.3 is 0 Å². The van der Waals surface area contributed by atoms with Crippen LogP contribution in [-0.4, -0.2) is 11.3 Å². The second-order valence-corrected chi connectivity index (χ2v) is 6.49. The molecule has 0 saturated heterocycles. The van der Waals surface area contributed by atoms with Crippen LogP contribution in [0.2, 0.25) is 0 Å². The Bertz CT molecular complexity index is 363. The third-order valence-corrected chi connectivity index (χ3v) is 5.59. The molecule has 0 spiro atoms. The van der Waals surface area contributed by atoms with E-state index in [0.29, 0.717) is 11.3 Å². The van der Waals surface area contributed by atoms with Gasteiger partial charge in [0.05, 0.1) is 0 Å². The van der Waals surface area contributed by atoms with Crippen LogP contribution in [-0.2, 0) is 6.42 Å². The van der Waals surface area contributed by atoms with Crippen LogP contribution in [0.5, 0.6) is 0 Å². The average molecular weight is 248 g/mol. The Kier molecular flexibility index (Phi) is 3.41. The summed E-state index contributed by atoms with van der Waals surface area (Å²) in [4.78, 5) is 1.45. The van der Waals surface area contributed by atoms with Crippen LogP contribution < -0.4 is 11.3 Å². The molecule has 1 aliphatic carbocycles. The SMILES string of the molecule is NNC(C1CCCC1)C1Cc2ccccc2S1. The zero-order valence-corrected chi connectivity index (χ0v) is 10.9. The lowest BCUT2D eigenvalue weighted by Gasteiger charge is -2.27. The molecule has 3 heteroatoms. The summed E-state index contributed by atoms with van der Waals surface area (Å²) in [6.45, 7) is 0. The van der Waals surface area contributed by atoms with Gasteiger partial charge in [0, 0.05) is 16.2 Å². The van der Waals surface area contributed by atoms with Gasteiger partial charge in [0.2, 0.25) is 0 Å². The lowest BCUT2D eigenvalue weighted by atomic mass is 9.93. The van der Waals surface area contributed by atoms with Gasteiger partial charge in [-0.3, -0.25) is 11.3 Å². The van der Waals surface area contributed by atoms with Gasteiger partial charge in [0.15, 0.2) is 0 Å². The number of hydrazine groups is 1. The fraction of sp³-hybridized carbons (Fsp3) is 0.571. The van der Waals surface area contributed by atoms with E-state index in [0.717, 1.165) is 5.92 Å². The van der Waals surface area contributed by atoms with Crippen LogP contribution in [0.4, 0.5) is 0 Å². The third-order valence-electron chi connectivity index (χ3n) is 4.17. The molecule has 3 N–H and O–H groups in total. The second kappa shape index (κ2) is 5.01. The molecule has 0 aromatic heterocycles. The third kappa shape index (κ3) is 2.24. The van der Waals surface area contributed by atoms with Crippen LogP contribution >= 0.6 is 11.8 Å². The number of benzene rings is 1. The minimum absolute atomic E-state index is 0.481. The summed E-state index contributed by atoms with van der Waals surface area (Å²) >= 11 is 2.01. The zero-order chi connectivity index (χ0) is 11.7. The highest BCUT2D eigenvalue weighted by molar-refractivity contribution is 8.00. The van der Waals surface area contributed by atoms with E-state index in [2.05, 4.69) is 29.7 Å². The molecular formula is C14H20N2S.